The van der Waals surface area contributed by atoms with Crippen molar-refractivity contribution < 1.29 is 23.9 Å². The quantitative estimate of drug-likeness (QED) is 0.199. The Hall–Kier alpha value is -4.97. The molecule has 2 amide bonds. The van der Waals surface area contributed by atoms with Crippen molar-refractivity contribution >= 4 is 29.7 Å². The highest BCUT2D eigenvalue weighted by molar-refractivity contribution is 6.39. The van der Waals surface area contributed by atoms with E-state index in [0.29, 0.717) is 28.1 Å². The van der Waals surface area contributed by atoms with Crippen molar-refractivity contribution in [3.63, 3.8) is 0 Å². The largest absolute Gasteiger partial charge is 0.497 e. The standard InChI is InChI=1S/C24H18N4O5/c1-32-20-7-4-6-17(13-20)24(31)33-21-8-3-2-5-18(21)15-26-28-23(30)22(29)27-19-11-9-16(14-25)10-12-19/h2-13,15H,1H3,(H,27,29)(H,28,30)/b26-15+. The molecule has 0 heterocycles. The number of hydrogen-bond donors (Lipinski definition) is 2. The lowest BCUT2D eigenvalue weighted by atomic mass is 10.2. The van der Waals surface area contributed by atoms with Crippen LogP contribution < -0.4 is 20.2 Å². The van der Waals surface area contributed by atoms with E-state index in [-0.39, 0.29) is 5.75 Å². The fourth-order valence-corrected chi connectivity index (χ4v) is 2.62. The molecule has 0 aliphatic rings. The Kier molecular flexibility index (Phi) is 7.49. The second kappa shape index (κ2) is 10.9. The predicted octanol–water partition coefficient (Wildman–Crippen LogP) is 2.87. The Labute approximate surface area is 189 Å². The van der Waals surface area contributed by atoms with Crippen molar-refractivity contribution in [3.05, 3.63) is 89.5 Å². The molecule has 3 rings (SSSR count). The van der Waals surface area contributed by atoms with Crippen molar-refractivity contribution in [1.29, 1.82) is 5.26 Å². The van der Waals surface area contributed by atoms with Gasteiger partial charge in [0.15, 0.2) is 0 Å². The number of ether oxygens (including phenoxy) is 2. The minimum Gasteiger partial charge on any atom is -0.497 e. The molecule has 0 aliphatic heterocycles. The number of hydrazone groups is 1. The summed E-state index contributed by atoms with van der Waals surface area (Å²) in [5.74, 6) is -1.80. The number of carbonyl (C=O) groups excluding carboxylic acids is 3. The summed E-state index contributed by atoms with van der Waals surface area (Å²) < 4.78 is 10.5. The van der Waals surface area contributed by atoms with Gasteiger partial charge in [0, 0.05) is 11.3 Å². The lowest BCUT2D eigenvalue weighted by Gasteiger charge is -2.08. The molecule has 0 aromatic heterocycles. The van der Waals surface area contributed by atoms with Crippen LogP contribution in [0.3, 0.4) is 0 Å². The lowest BCUT2D eigenvalue weighted by Crippen LogP contribution is -2.32. The van der Waals surface area contributed by atoms with Crippen LogP contribution in [0.2, 0.25) is 0 Å². The molecular weight excluding hydrogens is 424 g/mol. The molecular formula is C24H18N4O5. The molecule has 0 spiro atoms. The average molecular weight is 442 g/mol. The zero-order valence-electron chi connectivity index (χ0n) is 17.4. The molecule has 9 nitrogen and oxygen atoms in total. The van der Waals surface area contributed by atoms with E-state index in [1.165, 1.54) is 37.6 Å². The van der Waals surface area contributed by atoms with E-state index >= 15 is 0 Å². The van der Waals surface area contributed by atoms with Gasteiger partial charge in [-0.3, -0.25) is 9.59 Å². The third-order valence-electron chi connectivity index (χ3n) is 4.27. The number of amides is 2. The molecule has 9 heteroatoms. The van der Waals surface area contributed by atoms with Gasteiger partial charge >= 0.3 is 17.8 Å². The van der Waals surface area contributed by atoms with E-state index in [2.05, 4.69) is 15.8 Å². The fourth-order valence-electron chi connectivity index (χ4n) is 2.62. The summed E-state index contributed by atoms with van der Waals surface area (Å²) in [7, 11) is 1.50. The Bertz CT molecular complexity index is 1250. The van der Waals surface area contributed by atoms with Crippen LogP contribution in [0.4, 0.5) is 5.69 Å². The fraction of sp³-hybridized carbons (Fsp3) is 0.0417. The summed E-state index contributed by atoms with van der Waals surface area (Å²) in [4.78, 5) is 36.4. The first-order valence-electron chi connectivity index (χ1n) is 9.60. The van der Waals surface area contributed by atoms with E-state index in [1.54, 1.807) is 48.5 Å². The van der Waals surface area contributed by atoms with Gasteiger partial charge in [-0.05, 0) is 54.6 Å². The van der Waals surface area contributed by atoms with Gasteiger partial charge < -0.3 is 14.8 Å². The molecule has 0 radical (unpaired) electrons. The van der Waals surface area contributed by atoms with Gasteiger partial charge in [0.1, 0.15) is 11.5 Å². The van der Waals surface area contributed by atoms with Crippen molar-refractivity contribution in [2.75, 3.05) is 12.4 Å². The van der Waals surface area contributed by atoms with E-state index in [1.807, 2.05) is 6.07 Å². The highest BCUT2D eigenvalue weighted by Crippen LogP contribution is 2.19. The van der Waals surface area contributed by atoms with Crippen molar-refractivity contribution in [2.24, 2.45) is 5.10 Å². The van der Waals surface area contributed by atoms with Crippen LogP contribution in [0, 0.1) is 11.3 Å². The zero-order valence-corrected chi connectivity index (χ0v) is 17.4. The van der Waals surface area contributed by atoms with E-state index in [4.69, 9.17) is 14.7 Å². The summed E-state index contributed by atoms with van der Waals surface area (Å²) in [5.41, 5.74) is 3.59. The number of hydrogen-bond acceptors (Lipinski definition) is 7. The van der Waals surface area contributed by atoms with Crippen LogP contribution in [0.15, 0.2) is 77.9 Å². The number of methoxy groups -OCH3 is 1. The Morgan fingerprint density at radius 3 is 2.45 bits per heavy atom. The van der Waals surface area contributed by atoms with Crippen LogP contribution >= 0.6 is 0 Å². The van der Waals surface area contributed by atoms with Crippen molar-refractivity contribution in [1.82, 2.24) is 5.43 Å². The van der Waals surface area contributed by atoms with Crippen molar-refractivity contribution in [3.8, 4) is 17.6 Å². The Morgan fingerprint density at radius 2 is 1.73 bits per heavy atom. The minimum absolute atomic E-state index is 0.213. The Morgan fingerprint density at radius 1 is 0.970 bits per heavy atom. The van der Waals surface area contributed by atoms with Crippen molar-refractivity contribution in [2.45, 2.75) is 0 Å². The molecule has 0 aliphatic carbocycles. The van der Waals surface area contributed by atoms with Gasteiger partial charge in [-0.2, -0.15) is 10.4 Å². The summed E-state index contributed by atoms with van der Waals surface area (Å²) in [5, 5.41) is 14.9. The molecule has 0 bridgehead atoms. The molecule has 0 fully saturated rings. The molecule has 33 heavy (non-hydrogen) atoms. The zero-order chi connectivity index (χ0) is 23.6. The average Bonchev–Trinajstić information content (AvgIpc) is 2.85. The third-order valence-corrected chi connectivity index (χ3v) is 4.27. The third kappa shape index (κ3) is 6.26. The summed E-state index contributed by atoms with van der Waals surface area (Å²) in [6, 6.07) is 21.1. The number of nitrogens with one attached hydrogen (secondary N) is 2. The minimum atomic E-state index is -0.999. The molecule has 0 saturated heterocycles. The van der Waals surface area contributed by atoms with Gasteiger partial charge in [-0.25, -0.2) is 10.2 Å². The van der Waals surface area contributed by atoms with Gasteiger partial charge in [0.25, 0.3) is 0 Å². The van der Waals surface area contributed by atoms with Gasteiger partial charge in [-0.15, -0.1) is 0 Å². The molecule has 0 unspecified atom stereocenters. The van der Waals surface area contributed by atoms with Gasteiger partial charge in [0.2, 0.25) is 0 Å². The number of benzene rings is 3. The summed E-state index contributed by atoms with van der Waals surface area (Å²) >= 11 is 0. The molecule has 164 valence electrons. The molecule has 2 N–H and O–H groups in total. The predicted molar refractivity (Wildman–Crippen MR) is 120 cm³/mol. The topological polar surface area (TPSA) is 130 Å². The monoisotopic (exact) mass is 442 g/mol. The maximum atomic E-state index is 12.5. The first-order valence-corrected chi connectivity index (χ1v) is 9.60. The number of rotatable bonds is 6. The van der Waals surface area contributed by atoms with E-state index in [0.717, 1.165) is 0 Å². The SMILES string of the molecule is COc1cccc(C(=O)Oc2ccccc2/C=N/NC(=O)C(=O)Nc2ccc(C#N)cc2)c1. The number of anilines is 1. The maximum absolute atomic E-state index is 12.5. The van der Waals surface area contributed by atoms with Crippen LogP contribution in [0.5, 0.6) is 11.5 Å². The normalized spacial score (nSPS) is 10.2. The number of nitriles is 1. The smallest absolute Gasteiger partial charge is 0.343 e. The second-order valence-corrected chi connectivity index (χ2v) is 6.50. The van der Waals surface area contributed by atoms with Gasteiger partial charge in [-0.1, -0.05) is 18.2 Å². The van der Waals surface area contributed by atoms with Crippen LogP contribution in [0.25, 0.3) is 0 Å². The molecule has 3 aromatic carbocycles. The number of esters is 1. The second-order valence-electron chi connectivity index (χ2n) is 6.50. The molecule has 3 aromatic rings. The Balaban J connectivity index is 1.61. The maximum Gasteiger partial charge on any atom is 0.343 e. The number of carbonyl (C=O) groups is 3. The first kappa shape index (κ1) is 22.7. The van der Waals surface area contributed by atoms with E-state index < -0.39 is 17.8 Å². The molecule has 0 saturated carbocycles. The lowest BCUT2D eigenvalue weighted by molar-refractivity contribution is -0.136. The van der Waals surface area contributed by atoms with Gasteiger partial charge in [0.05, 0.1) is 30.5 Å². The first-order chi connectivity index (χ1) is 16.0. The number of nitrogens with zero attached hydrogens (tertiary/aromatic N) is 2. The summed E-state index contributed by atoms with van der Waals surface area (Å²) in [6.07, 6.45) is 1.25. The molecule has 0 atom stereocenters. The van der Waals surface area contributed by atoms with E-state index in [9.17, 15) is 14.4 Å². The summed E-state index contributed by atoms with van der Waals surface area (Å²) in [6.45, 7) is 0. The highest BCUT2D eigenvalue weighted by atomic mass is 16.5. The van der Waals surface area contributed by atoms with Crippen LogP contribution in [-0.2, 0) is 9.59 Å². The van der Waals surface area contributed by atoms with Crippen LogP contribution in [0.1, 0.15) is 21.5 Å². The highest BCUT2D eigenvalue weighted by Gasteiger charge is 2.14. The number of para-hydroxylation sites is 1. The van der Waals surface area contributed by atoms with Crippen LogP contribution in [-0.4, -0.2) is 31.1 Å².